The number of aliphatic hydroxyl groups excluding tert-OH is 1. The zero-order chi connectivity index (χ0) is 11.3. The second kappa shape index (κ2) is 5.95. The van der Waals surface area contributed by atoms with E-state index in [2.05, 4.69) is 5.32 Å². The predicted molar refractivity (Wildman–Crippen MR) is 59.7 cm³/mol. The third-order valence-electron chi connectivity index (χ3n) is 2.88. The van der Waals surface area contributed by atoms with E-state index in [1.165, 1.54) is 6.42 Å². The molecule has 1 atom stereocenters. The minimum absolute atomic E-state index is 0.0330. The number of nitrogens with one attached hydrogen (secondary N) is 1. The highest BCUT2D eigenvalue weighted by molar-refractivity contribution is 5.74. The molecule has 0 spiro atoms. The Balaban J connectivity index is 2.22. The molecule has 1 fully saturated rings. The molecule has 1 unspecified atom stereocenters. The highest BCUT2D eigenvalue weighted by Crippen LogP contribution is 2.08. The van der Waals surface area contributed by atoms with Crippen LogP contribution >= 0.6 is 0 Å². The van der Waals surface area contributed by atoms with Crippen LogP contribution in [0.2, 0.25) is 0 Å². The van der Waals surface area contributed by atoms with Crippen LogP contribution in [0.5, 0.6) is 0 Å². The number of hydrogen-bond donors (Lipinski definition) is 2. The maximum absolute atomic E-state index is 11.6. The van der Waals surface area contributed by atoms with E-state index in [0.717, 1.165) is 25.9 Å². The van der Waals surface area contributed by atoms with Crippen molar-refractivity contribution in [1.82, 2.24) is 10.2 Å². The first-order valence-corrected chi connectivity index (χ1v) is 5.82. The molecule has 0 radical (unpaired) electrons. The Bertz CT molecular complexity index is 201. The van der Waals surface area contributed by atoms with E-state index in [4.69, 9.17) is 0 Å². The van der Waals surface area contributed by atoms with Gasteiger partial charge in [-0.3, -0.25) is 0 Å². The van der Waals surface area contributed by atoms with Gasteiger partial charge in [-0.1, -0.05) is 13.8 Å². The van der Waals surface area contributed by atoms with Crippen molar-refractivity contribution in [3.63, 3.8) is 0 Å². The largest absolute Gasteiger partial charge is 0.391 e. The van der Waals surface area contributed by atoms with Gasteiger partial charge in [0.2, 0.25) is 0 Å². The lowest BCUT2D eigenvalue weighted by atomic mass is 10.1. The number of piperidine rings is 1. The Morgan fingerprint density at radius 3 is 2.47 bits per heavy atom. The van der Waals surface area contributed by atoms with Crippen LogP contribution in [0.3, 0.4) is 0 Å². The minimum atomic E-state index is -0.446. The molecule has 1 saturated heterocycles. The minimum Gasteiger partial charge on any atom is -0.391 e. The summed E-state index contributed by atoms with van der Waals surface area (Å²) in [5.74, 6) is 0.187. The van der Waals surface area contributed by atoms with Gasteiger partial charge in [-0.25, -0.2) is 4.79 Å². The summed E-state index contributed by atoms with van der Waals surface area (Å²) >= 11 is 0. The normalized spacial score (nSPS) is 19.1. The topological polar surface area (TPSA) is 52.6 Å². The lowest BCUT2D eigenvalue weighted by molar-refractivity contribution is 0.120. The maximum atomic E-state index is 11.6. The fraction of sp³-hybridized carbons (Fsp3) is 0.909. The van der Waals surface area contributed by atoms with Crippen molar-refractivity contribution >= 4 is 6.03 Å². The summed E-state index contributed by atoms with van der Waals surface area (Å²) < 4.78 is 0. The Labute approximate surface area is 91.6 Å². The number of aliphatic hydroxyl groups is 1. The zero-order valence-corrected chi connectivity index (χ0v) is 9.70. The highest BCUT2D eigenvalue weighted by Gasteiger charge is 2.17. The third kappa shape index (κ3) is 4.08. The van der Waals surface area contributed by atoms with Gasteiger partial charge in [-0.2, -0.15) is 0 Å². The molecule has 0 aromatic rings. The maximum Gasteiger partial charge on any atom is 0.317 e. The quantitative estimate of drug-likeness (QED) is 0.741. The SMILES string of the molecule is CC(C)C(O)CNC(=O)N1CCCCC1. The Hall–Kier alpha value is -0.770. The van der Waals surface area contributed by atoms with E-state index in [-0.39, 0.29) is 11.9 Å². The third-order valence-corrected chi connectivity index (χ3v) is 2.88. The van der Waals surface area contributed by atoms with Gasteiger partial charge in [0.05, 0.1) is 6.10 Å². The molecule has 2 amide bonds. The fourth-order valence-electron chi connectivity index (χ4n) is 1.64. The first kappa shape index (κ1) is 12.3. The van der Waals surface area contributed by atoms with Gasteiger partial charge >= 0.3 is 6.03 Å². The number of carbonyl (C=O) groups is 1. The summed E-state index contributed by atoms with van der Waals surface area (Å²) in [5, 5.41) is 12.3. The molecule has 2 N–H and O–H groups in total. The van der Waals surface area contributed by atoms with E-state index in [9.17, 15) is 9.90 Å². The van der Waals surface area contributed by atoms with E-state index < -0.39 is 6.10 Å². The summed E-state index contributed by atoms with van der Waals surface area (Å²) in [7, 11) is 0. The highest BCUT2D eigenvalue weighted by atomic mass is 16.3. The van der Waals surface area contributed by atoms with Gasteiger partial charge in [0.15, 0.2) is 0 Å². The van der Waals surface area contributed by atoms with Crippen LogP contribution in [0.1, 0.15) is 33.1 Å². The molecule has 0 aromatic heterocycles. The van der Waals surface area contributed by atoms with Gasteiger partial charge in [-0.15, -0.1) is 0 Å². The van der Waals surface area contributed by atoms with Crippen molar-refractivity contribution in [1.29, 1.82) is 0 Å². The number of carbonyl (C=O) groups excluding carboxylic acids is 1. The van der Waals surface area contributed by atoms with Crippen molar-refractivity contribution in [3.05, 3.63) is 0 Å². The number of urea groups is 1. The van der Waals surface area contributed by atoms with Crippen LogP contribution in [-0.4, -0.2) is 41.8 Å². The molecule has 0 bridgehead atoms. The summed E-state index contributed by atoms with van der Waals surface area (Å²) in [6, 6.07) is -0.0330. The Morgan fingerprint density at radius 1 is 1.33 bits per heavy atom. The van der Waals surface area contributed by atoms with Crippen LogP contribution in [-0.2, 0) is 0 Å². The molecule has 1 rings (SSSR count). The predicted octanol–water partition coefficient (Wildman–Crippen LogP) is 1.20. The lowest BCUT2D eigenvalue weighted by Gasteiger charge is -2.27. The average Bonchev–Trinajstić information content (AvgIpc) is 2.26. The van der Waals surface area contributed by atoms with Crippen molar-refractivity contribution in [3.8, 4) is 0 Å². The first-order chi connectivity index (χ1) is 7.11. The molecule has 4 nitrogen and oxygen atoms in total. The summed E-state index contributed by atoms with van der Waals surface area (Å²) in [6.45, 7) is 5.94. The van der Waals surface area contributed by atoms with Crippen LogP contribution in [0.25, 0.3) is 0 Å². The van der Waals surface area contributed by atoms with Gasteiger partial charge in [0.25, 0.3) is 0 Å². The van der Waals surface area contributed by atoms with Crippen molar-refractivity contribution in [2.24, 2.45) is 5.92 Å². The summed E-state index contributed by atoms with van der Waals surface area (Å²) in [5.41, 5.74) is 0. The summed E-state index contributed by atoms with van der Waals surface area (Å²) in [6.07, 6.45) is 2.97. The fourth-order valence-corrected chi connectivity index (χ4v) is 1.64. The molecular formula is C11H22N2O2. The average molecular weight is 214 g/mol. The van der Waals surface area contributed by atoms with Crippen molar-refractivity contribution in [2.45, 2.75) is 39.2 Å². The lowest BCUT2D eigenvalue weighted by Crippen LogP contribution is -2.45. The van der Waals surface area contributed by atoms with Crippen LogP contribution in [0.15, 0.2) is 0 Å². The number of hydrogen-bond acceptors (Lipinski definition) is 2. The van der Waals surface area contributed by atoms with Gasteiger partial charge < -0.3 is 15.3 Å². The first-order valence-electron chi connectivity index (χ1n) is 5.82. The zero-order valence-electron chi connectivity index (χ0n) is 9.70. The van der Waals surface area contributed by atoms with Crippen LogP contribution < -0.4 is 5.32 Å². The van der Waals surface area contributed by atoms with E-state index in [0.29, 0.717) is 6.54 Å². The van der Waals surface area contributed by atoms with E-state index in [1.54, 1.807) is 0 Å². The standard InChI is InChI=1S/C11H22N2O2/c1-9(2)10(14)8-12-11(15)13-6-4-3-5-7-13/h9-10,14H,3-8H2,1-2H3,(H,12,15). The number of likely N-dealkylation sites (tertiary alicyclic amines) is 1. The van der Waals surface area contributed by atoms with Crippen LogP contribution in [0.4, 0.5) is 4.79 Å². The molecule has 1 aliphatic rings. The number of rotatable bonds is 3. The molecule has 0 aliphatic carbocycles. The van der Waals surface area contributed by atoms with Gasteiger partial charge in [0, 0.05) is 19.6 Å². The smallest absolute Gasteiger partial charge is 0.317 e. The molecule has 1 aliphatic heterocycles. The molecule has 88 valence electrons. The second-order valence-corrected chi connectivity index (χ2v) is 4.55. The van der Waals surface area contributed by atoms with E-state index >= 15 is 0 Å². The van der Waals surface area contributed by atoms with Crippen molar-refractivity contribution in [2.75, 3.05) is 19.6 Å². The van der Waals surface area contributed by atoms with Crippen molar-refractivity contribution < 1.29 is 9.90 Å². The molecule has 1 heterocycles. The molecular weight excluding hydrogens is 192 g/mol. The second-order valence-electron chi connectivity index (χ2n) is 4.55. The molecule has 0 saturated carbocycles. The number of nitrogens with zero attached hydrogens (tertiary/aromatic N) is 1. The van der Waals surface area contributed by atoms with E-state index in [1.807, 2.05) is 18.7 Å². The number of amides is 2. The van der Waals surface area contributed by atoms with Gasteiger partial charge in [-0.05, 0) is 25.2 Å². The molecule has 4 heteroatoms. The molecule has 15 heavy (non-hydrogen) atoms. The Morgan fingerprint density at radius 2 is 1.93 bits per heavy atom. The molecule has 0 aromatic carbocycles. The van der Waals surface area contributed by atoms with Crippen LogP contribution in [0, 0.1) is 5.92 Å². The van der Waals surface area contributed by atoms with Gasteiger partial charge in [0.1, 0.15) is 0 Å². The monoisotopic (exact) mass is 214 g/mol. The summed E-state index contributed by atoms with van der Waals surface area (Å²) in [4.78, 5) is 13.5. The Kier molecular flexibility index (Phi) is 4.88.